The van der Waals surface area contributed by atoms with E-state index in [9.17, 15) is 4.79 Å². The van der Waals surface area contributed by atoms with E-state index in [-0.39, 0.29) is 12.2 Å². The van der Waals surface area contributed by atoms with Gasteiger partial charge in [0.1, 0.15) is 6.33 Å². The monoisotopic (exact) mass is 584 g/mol. The number of carbonyl (C=O) groups is 1. The Morgan fingerprint density at radius 3 is 2.36 bits per heavy atom. The molecule has 0 saturated carbocycles. The Labute approximate surface area is 257 Å². The summed E-state index contributed by atoms with van der Waals surface area (Å²) in [7, 11) is 0. The fourth-order valence-electron chi connectivity index (χ4n) is 5.82. The summed E-state index contributed by atoms with van der Waals surface area (Å²) in [6.07, 6.45) is 14.4. The van der Waals surface area contributed by atoms with Gasteiger partial charge in [-0.05, 0) is 89.8 Å². The number of hydrogen-bond acceptors (Lipinski definition) is 6. The number of ether oxygens (including phenoxy) is 2. The van der Waals surface area contributed by atoms with Crippen molar-refractivity contribution in [1.29, 1.82) is 0 Å². The summed E-state index contributed by atoms with van der Waals surface area (Å²) < 4.78 is 13.1. The van der Waals surface area contributed by atoms with Crippen LogP contribution >= 0.6 is 0 Å². The van der Waals surface area contributed by atoms with Gasteiger partial charge in [0, 0.05) is 36.0 Å². The van der Waals surface area contributed by atoms with Gasteiger partial charge in [0.2, 0.25) is 0 Å². The molecule has 3 heterocycles. The number of benzene rings is 3. The molecule has 7 nitrogen and oxygen atoms in total. The number of fused-ring (bicyclic) bond motifs is 1. The van der Waals surface area contributed by atoms with Crippen molar-refractivity contribution in [3.05, 3.63) is 120 Å². The van der Waals surface area contributed by atoms with Gasteiger partial charge in [0.15, 0.2) is 6.23 Å². The number of rotatable bonds is 9. The Kier molecular flexibility index (Phi) is 9.03. The van der Waals surface area contributed by atoms with E-state index in [1.54, 1.807) is 19.3 Å². The first-order chi connectivity index (χ1) is 21.6. The van der Waals surface area contributed by atoms with Crippen molar-refractivity contribution in [3.8, 4) is 11.1 Å². The van der Waals surface area contributed by atoms with Gasteiger partial charge in [-0.1, -0.05) is 61.5 Å². The van der Waals surface area contributed by atoms with Crippen molar-refractivity contribution in [3.63, 3.8) is 0 Å². The molecule has 2 aromatic heterocycles. The minimum Gasteiger partial charge on any atom is -0.463 e. The van der Waals surface area contributed by atoms with Gasteiger partial charge >= 0.3 is 5.97 Å². The molecule has 0 aliphatic carbocycles. The molecular formula is C37H36N4O3. The second-order valence-electron chi connectivity index (χ2n) is 10.8. The van der Waals surface area contributed by atoms with Crippen LogP contribution in [0.25, 0.3) is 39.3 Å². The molecule has 5 aromatic rings. The predicted octanol–water partition coefficient (Wildman–Crippen LogP) is 8.14. The van der Waals surface area contributed by atoms with Gasteiger partial charge in [-0.3, -0.25) is 0 Å². The highest BCUT2D eigenvalue weighted by molar-refractivity contribution is 6.00. The molecule has 7 heteroatoms. The summed E-state index contributed by atoms with van der Waals surface area (Å²) in [5.74, 6) is -0.344. The lowest BCUT2D eigenvalue weighted by atomic mass is 9.87. The van der Waals surface area contributed by atoms with Gasteiger partial charge in [-0.15, -0.1) is 0 Å². The maximum absolute atomic E-state index is 11.8. The van der Waals surface area contributed by atoms with E-state index in [1.807, 2.05) is 35.4 Å². The molecule has 0 radical (unpaired) electrons. The molecule has 1 aliphatic rings. The Balaban J connectivity index is 1.43. The molecule has 1 fully saturated rings. The minimum absolute atomic E-state index is 0.0166. The first-order valence-corrected chi connectivity index (χ1v) is 15.3. The molecule has 0 bridgehead atoms. The lowest BCUT2D eigenvalue weighted by Crippen LogP contribution is -2.18. The molecule has 222 valence electrons. The summed E-state index contributed by atoms with van der Waals surface area (Å²) >= 11 is 0. The average molecular weight is 585 g/mol. The Hall–Kier alpha value is -4.88. The summed E-state index contributed by atoms with van der Waals surface area (Å²) in [5, 5.41) is 5.81. The van der Waals surface area contributed by atoms with Gasteiger partial charge < -0.3 is 9.47 Å². The van der Waals surface area contributed by atoms with Gasteiger partial charge in [-0.2, -0.15) is 5.10 Å². The van der Waals surface area contributed by atoms with E-state index in [2.05, 4.69) is 71.5 Å². The minimum atomic E-state index is -0.344. The molecule has 0 amide bonds. The van der Waals surface area contributed by atoms with Crippen molar-refractivity contribution >= 4 is 34.1 Å². The highest BCUT2D eigenvalue weighted by Gasteiger charge is 2.20. The Morgan fingerprint density at radius 1 is 0.909 bits per heavy atom. The maximum Gasteiger partial charge on any atom is 0.330 e. The average Bonchev–Trinajstić information content (AvgIpc) is 3.51. The fraction of sp³-hybridized carbons (Fsp3) is 0.243. The van der Waals surface area contributed by atoms with Gasteiger partial charge in [-0.25, -0.2) is 19.4 Å². The van der Waals surface area contributed by atoms with Crippen LogP contribution in [0.15, 0.2) is 97.7 Å². The van der Waals surface area contributed by atoms with Crippen LogP contribution in [0.4, 0.5) is 0 Å². The third-order valence-corrected chi connectivity index (χ3v) is 7.99. The normalized spacial score (nSPS) is 15.8. The number of hydrogen-bond donors (Lipinski definition) is 0. The highest BCUT2D eigenvalue weighted by atomic mass is 16.5. The second-order valence-corrected chi connectivity index (χ2v) is 10.8. The molecule has 1 saturated heterocycles. The number of nitrogens with zero attached hydrogens (tertiary/aromatic N) is 4. The van der Waals surface area contributed by atoms with Crippen LogP contribution < -0.4 is 0 Å². The van der Waals surface area contributed by atoms with Crippen LogP contribution in [0.1, 0.15) is 68.0 Å². The second kappa shape index (κ2) is 13.6. The quantitative estimate of drug-likeness (QED) is 0.0989. The first-order valence-electron chi connectivity index (χ1n) is 15.3. The lowest BCUT2D eigenvalue weighted by Gasteiger charge is -2.23. The molecule has 44 heavy (non-hydrogen) atoms. The lowest BCUT2D eigenvalue weighted by molar-refractivity contribution is -0.137. The standard InChI is InChI=1S/C37H36N4O3/c1-3-33(28-15-13-27(14-16-28)32-22-38-25-39-23-32)37(29-11-8-26(9-12-29)10-19-36(42)43-4-2)30-17-18-34-31(21-30)24-40-41(34)35-7-5-6-20-44-35/h8-19,21-25,35H,3-7,20H2,1-2H3/b19-10+,37-33+. The van der Waals surface area contributed by atoms with Crippen molar-refractivity contribution in [2.75, 3.05) is 13.2 Å². The number of aromatic nitrogens is 4. The summed E-state index contributed by atoms with van der Waals surface area (Å²) in [6, 6.07) is 23.5. The zero-order chi connectivity index (χ0) is 30.3. The molecule has 1 atom stereocenters. The van der Waals surface area contributed by atoms with Crippen molar-refractivity contribution in [1.82, 2.24) is 19.7 Å². The smallest absolute Gasteiger partial charge is 0.330 e. The zero-order valence-corrected chi connectivity index (χ0v) is 25.1. The fourth-order valence-corrected chi connectivity index (χ4v) is 5.82. The van der Waals surface area contributed by atoms with Crippen LogP contribution in [0, 0.1) is 0 Å². The zero-order valence-electron chi connectivity index (χ0n) is 25.1. The van der Waals surface area contributed by atoms with E-state index in [1.165, 1.54) is 11.6 Å². The third kappa shape index (κ3) is 6.38. The number of allylic oxidation sites excluding steroid dienone is 1. The molecule has 1 unspecified atom stereocenters. The molecule has 0 spiro atoms. The van der Waals surface area contributed by atoms with E-state index in [0.717, 1.165) is 82.1 Å². The summed E-state index contributed by atoms with van der Waals surface area (Å²) in [4.78, 5) is 20.2. The van der Waals surface area contributed by atoms with E-state index < -0.39 is 0 Å². The van der Waals surface area contributed by atoms with E-state index in [4.69, 9.17) is 14.6 Å². The van der Waals surface area contributed by atoms with Crippen molar-refractivity contribution in [2.45, 2.75) is 45.8 Å². The molecular weight excluding hydrogens is 548 g/mol. The SMILES string of the molecule is CCOC(=O)/C=C/c1ccc(/C(=C(/CC)c2ccc(-c3cncnc3)cc2)c2ccc3c(cnn3C3CCCCO3)c2)cc1. The maximum atomic E-state index is 11.8. The third-order valence-electron chi connectivity index (χ3n) is 7.99. The predicted molar refractivity (Wildman–Crippen MR) is 174 cm³/mol. The largest absolute Gasteiger partial charge is 0.463 e. The van der Waals surface area contributed by atoms with Crippen LogP contribution in [-0.2, 0) is 14.3 Å². The number of carbonyl (C=O) groups excluding carboxylic acids is 1. The number of esters is 1. The Morgan fingerprint density at radius 2 is 1.66 bits per heavy atom. The van der Waals surface area contributed by atoms with Gasteiger partial charge in [0.05, 0.1) is 18.3 Å². The van der Waals surface area contributed by atoms with Crippen LogP contribution in [0.5, 0.6) is 0 Å². The van der Waals surface area contributed by atoms with E-state index in [0.29, 0.717) is 6.61 Å². The summed E-state index contributed by atoms with van der Waals surface area (Å²) in [6.45, 7) is 5.13. The van der Waals surface area contributed by atoms with Crippen LogP contribution in [-0.4, -0.2) is 38.9 Å². The van der Waals surface area contributed by atoms with Crippen LogP contribution in [0.3, 0.4) is 0 Å². The summed E-state index contributed by atoms with van der Waals surface area (Å²) in [5.41, 5.74) is 9.82. The molecule has 6 rings (SSSR count). The molecule has 0 N–H and O–H groups in total. The first kappa shape index (κ1) is 29.2. The Bertz CT molecular complexity index is 1780. The molecule has 3 aromatic carbocycles. The van der Waals surface area contributed by atoms with Crippen LogP contribution in [0.2, 0.25) is 0 Å². The van der Waals surface area contributed by atoms with Gasteiger partial charge in [0.25, 0.3) is 0 Å². The molecule has 1 aliphatic heterocycles. The van der Waals surface area contributed by atoms with E-state index >= 15 is 0 Å². The van der Waals surface area contributed by atoms with Crippen molar-refractivity contribution in [2.24, 2.45) is 0 Å². The van der Waals surface area contributed by atoms with Crippen molar-refractivity contribution < 1.29 is 14.3 Å². The highest BCUT2D eigenvalue weighted by Crippen LogP contribution is 2.37. The topological polar surface area (TPSA) is 79.1 Å².